The van der Waals surface area contributed by atoms with Gasteiger partial charge in [-0.1, -0.05) is 11.8 Å². The maximum absolute atomic E-state index is 10.4. The van der Waals surface area contributed by atoms with Gasteiger partial charge in [-0.25, -0.2) is 0 Å². The molecule has 0 saturated heterocycles. The third-order valence-electron chi connectivity index (χ3n) is 1.32. The minimum Gasteiger partial charge on any atom is -0.480 e. The summed E-state index contributed by atoms with van der Waals surface area (Å²) in [7, 11) is 0. The summed E-state index contributed by atoms with van der Waals surface area (Å²) in [4.78, 5) is 30.5. The standard InChI is InChI=1S/C7H11NO4S/c8-5(7(11)12)2-1-3-13-6(10)4-9/h4-5H,1-3,8H2,(H,11,12). The lowest BCUT2D eigenvalue weighted by molar-refractivity contribution is -0.138. The predicted molar refractivity (Wildman–Crippen MR) is 48.4 cm³/mol. The second-order valence-electron chi connectivity index (χ2n) is 2.37. The van der Waals surface area contributed by atoms with Crippen LogP contribution in [0.5, 0.6) is 0 Å². The number of thioether (sulfide) groups is 1. The maximum atomic E-state index is 10.4. The zero-order valence-electron chi connectivity index (χ0n) is 6.93. The van der Waals surface area contributed by atoms with Gasteiger partial charge in [0, 0.05) is 5.75 Å². The summed E-state index contributed by atoms with van der Waals surface area (Å²) in [6.45, 7) is 0. The van der Waals surface area contributed by atoms with E-state index >= 15 is 0 Å². The summed E-state index contributed by atoms with van der Waals surface area (Å²) in [5.41, 5.74) is 5.20. The van der Waals surface area contributed by atoms with Crippen molar-refractivity contribution in [3.05, 3.63) is 0 Å². The number of carboxylic acids is 1. The molecule has 0 spiro atoms. The number of carbonyl (C=O) groups is 3. The van der Waals surface area contributed by atoms with E-state index in [1.54, 1.807) is 0 Å². The molecular formula is C7H11NO4S. The second-order valence-corrected chi connectivity index (χ2v) is 3.47. The first-order valence-electron chi connectivity index (χ1n) is 3.68. The molecule has 0 bridgehead atoms. The van der Waals surface area contributed by atoms with Crippen LogP contribution in [0, 0.1) is 0 Å². The number of carbonyl (C=O) groups excluding carboxylic acids is 2. The lowest BCUT2D eigenvalue weighted by Gasteiger charge is -2.03. The van der Waals surface area contributed by atoms with E-state index in [-0.39, 0.29) is 6.29 Å². The van der Waals surface area contributed by atoms with Gasteiger partial charge in [0.1, 0.15) is 6.04 Å². The van der Waals surface area contributed by atoms with Crippen molar-refractivity contribution in [3.8, 4) is 0 Å². The number of hydrogen-bond acceptors (Lipinski definition) is 5. The third kappa shape index (κ3) is 6.30. The number of carboxylic acid groups (broad SMARTS) is 1. The normalized spacial score (nSPS) is 12.1. The van der Waals surface area contributed by atoms with Crippen molar-refractivity contribution in [1.82, 2.24) is 0 Å². The SMILES string of the molecule is NC(CCCSC(=O)C=O)C(=O)O. The second kappa shape index (κ2) is 6.62. The molecule has 13 heavy (non-hydrogen) atoms. The molecule has 5 nitrogen and oxygen atoms in total. The predicted octanol–water partition coefficient (Wildman–Crippen LogP) is -0.363. The highest BCUT2D eigenvalue weighted by atomic mass is 32.2. The first-order valence-corrected chi connectivity index (χ1v) is 4.66. The number of aldehydes is 1. The highest BCUT2D eigenvalue weighted by molar-refractivity contribution is 8.15. The lowest BCUT2D eigenvalue weighted by Crippen LogP contribution is -2.29. The molecule has 0 radical (unpaired) electrons. The monoisotopic (exact) mass is 205 g/mol. The number of rotatable bonds is 6. The summed E-state index contributed by atoms with van der Waals surface area (Å²) in [6.07, 6.45) is 1.06. The van der Waals surface area contributed by atoms with Crippen LogP contribution in [-0.4, -0.2) is 34.3 Å². The zero-order chi connectivity index (χ0) is 10.3. The van der Waals surface area contributed by atoms with Crippen LogP contribution in [0.25, 0.3) is 0 Å². The molecule has 0 rings (SSSR count). The average Bonchev–Trinajstić information content (AvgIpc) is 2.11. The molecule has 1 atom stereocenters. The highest BCUT2D eigenvalue weighted by Gasteiger charge is 2.10. The minimum absolute atomic E-state index is 0.238. The van der Waals surface area contributed by atoms with Crippen LogP contribution in [0.1, 0.15) is 12.8 Å². The van der Waals surface area contributed by atoms with Crippen molar-refractivity contribution in [2.24, 2.45) is 5.73 Å². The molecule has 0 aliphatic heterocycles. The van der Waals surface area contributed by atoms with E-state index in [1.165, 1.54) is 0 Å². The molecule has 0 aromatic heterocycles. The molecule has 1 unspecified atom stereocenters. The summed E-state index contributed by atoms with van der Waals surface area (Å²) >= 11 is 0.875. The topological polar surface area (TPSA) is 97.5 Å². The Labute approximate surface area is 79.7 Å². The average molecular weight is 205 g/mol. The quantitative estimate of drug-likeness (QED) is 0.349. The molecular weight excluding hydrogens is 194 g/mol. The Hall–Kier alpha value is -0.880. The molecule has 0 fully saturated rings. The van der Waals surface area contributed by atoms with E-state index in [0.29, 0.717) is 18.6 Å². The van der Waals surface area contributed by atoms with E-state index in [2.05, 4.69) is 0 Å². The van der Waals surface area contributed by atoms with Gasteiger partial charge < -0.3 is 10.8 Å². The molecule has 0 heterocycles. The van der Waals surface area contributed by atoms with E-state index < -0.39 is 17.1 Å². The van der Waals surface area contributed by atoms with Crippen LogP contribution in [0.2, 0.25) is 0 Å². The molecule has 0 aliphatic carbocycles. The van der Waals surface area contributed by atoms with Gasteiger partial charge in [-0.15, -0.1) is 0 Å². The molecule has 3 N–H and O–H groups in total. The minimum atomic E-state index is -1.05. The largest absolute Gasteiger partial charge is 0.480 e. The Bertz CT molecular complexity index is 207. The number of nitrogens with two attached hydrogens (primary N) is 1. The van der Waals surface area contributed by atoms with Crippen molar-refractivity contribution >= 4 is 29.1 Å². The molecule has 0 amide bonds. The van der Waals surface area contributed by atoms with Gasteiger partial charge >= 0.3 is 5.97 Å². The summed E-state index contributed by atoms with van der Waals surface area (Å²) in [6, 6.07) is -0.882. The van der Waals surface area contributed by atoms with Crippen LogP contribution in [0.15, 0.2) is 0 Å². The first kappa shape index (κ1) is 12.1. The fourth-order valence-corrected chi connectivity index (χ4v) is 1.21. The smallest absolute Gasteiger partial charge is 0.320 e. The number of hydrogen-bond donors (Lipinski definition) is 2. The van der Waals surface area contributed by atoms with E-state index in [9.17, 15) is 14.4 Å². The van der Waals surface area contributed by atoms with Crippen LogP contribution < -0.4 is 5.73 Å². The van der Waals surface area contributed by atoms with Gasteiger partial charge in [-0.3, -0.25) is 14.4 Å². The van der Waals surface area contributed by atoms with Gasteiger partial charge in [0.15, 0.2) is 6.29 Å². The Morgan fingerprint density at radius 1 is 1.54 bits per heavy atom. The molecule has 0 saturated carbocycles. The fourth-order valence-electron chi connectivity index (χ4n) is 0.634. The zero-order valence-corrected chi connectivity index (χ0v) is 7.75. The third-order valence-corrected chi connectivity index (χ3v) is 2.19. The van der Waals surface area contributed by atoms with Gasteiger partial charge in [-0.2, -0.15) is 0 Å². The Morgan fingerprint density at radius 3 is 2.62 bits per heavy atom. The Morgan fingerprint density at radius 2 is 2.15 bits per heavy atom. The van der Waals surface area contributed by atoms with E-state index in [1.807, 2.05) is 0 Å². The highest BCUT2D eigenvalue weighted by Crippen LogP contribution is 2.05. The van der Waals surface area contributed by atoms with E-state index in [0.717, 1.165) is 11.8 Å². The van der Waals surface area contributed by atoms with Crippen molar-refractivity contribution in [1.29, 1.82) is 0 Å². The molecule has 74 valence electrons. The maximum Gasteiger partial charge on any atom is 0.320 e. The fraction of sp³-hybridized carbons (Fsp3) is 0.571. The van der Waals surface area contributed by atoms with Crippen LogP contribution >= 0.6 is 11.8 Å². The van der Waals surface area contributed by atoms with Crippen molar-refractivity contribution < 1.29 is 19.5 Å². The first-order chi connectivity index (χ1) is 6.07. The van der Waals surface area contributed by atoms with Gasteiger partial charge in [0.2, 0.25) is 0 Å². The van der Waals surface area contributed by atoms with Crippen LogP contribution in [-0.2, 0) is 14.4 Å². The summed E-state index contributed by atoms with van der Waals surface area (Å²) in [5, 5.41) is 7.84. The molecule has 0 aromatic carbocycles. The molecule has 0 aliphatic rings. The van der Waals surface area contributed by atoms with Crippen molar-refractivity contribution in [3.63, 3.8) is 0 Å². The number of aliphatic carboxylic acids is 1. The van der Waals surface area contributed by atoms with Gasteiger partial charge in [-0.05, 0) is 12.8 Å². The lowest BCUT2D eigenvalue weighted by atomic mass is 10.2. The van der Waals surface area contributed by atoms with Crippen molar-refractivity contribution in [2.45, 2.75) is 18.9 Å². The Balaban J connectivity index is 3.40. The Kier molecular flexibility index (Phi) is 6.17. The molecule has 0 aromatic rings. The molecule has 6 heteroatoms. The van der Waals surface area contributed by atoms with Gasteiger partial charge in [0.25, 0.3) is 5.12 Å². The summed E-state index contributed by atoms with van der Waals surface area (Å²) < 4.78 is 0. The van der Waals surface area contributed by atoms with Gasteiger partial charge in [0.05, 0.1) is 0 Å². The summed E-state index contributed by atoms with van der Waals surface area (Å²) in [5.74, 6) is -0.620. The van der Waals surface area contributed by atoms with Crippen LogP contribution in [0.3, 0.4) is 0 Å². The van der Waals surface area contributed by atoms with Crippen molar-refractivity contribution in [2.75, 3.05) is 5.75 Å². The van der Waals surface area contributed by atoms with E-state index in [4.69, 9.17) is 10.8 Å². The van der Waals surface area contributed by atoms with Crippen LogP contribution in [0.4, 0.5) is 0 Å².